The molecule has 294 valence electrons. The van der Waals surface area contributed by atoms with Crippen molar-refractivity contribution < 1.29 is 76.5 Å². The summed E-state index contributed by atoms with van der Waals surface area (Å²) in [7, 11) is 2.71. The number of halogens is 12. The van der Waals surface area contributed by atoms with Crippen molar-refractivity contribution in [2.75, 3.05) is 79.8 Å². The second-order valence-electron chi connectivity index (χ2n) is 11.1. The molecule has 0 unspecified atom stereocenters. The summed E-state index contributed by atoms with van der Waals surface area (Å²) in [5.41, 5.74) is -1.39. The fraction of sp³-hybridized carbons (Fsp3) is 0.828. The second kappa shape index (κ2) is 22.1. The number of unbranched alkanes of at least 4 members (excludes halogenated alkanes) is 3. The Balaban J connectivity index is 5.52. The van der Waals surface area contributed by atoms with Gasteiger partial charge in [0.15, 0.2) is 0 Å². The van der Waals surface area contributed by atoms with E-state index < -0.39 is 93.8 Å². The summed E-state index contributed by atoms with van der Waals surface area (Å²) in [5.74, 6) is -6.74. The molecule has 0 aromatic rings. The first kappa shape index (κ1) is 47.0. The van der Waals surface area contributed by atoms with Gasteiger partial charge in [0.1, 0.15) is 5.70 Å². The fourth-order valence-electron chi connectivity index (χ4n) is 4.65. The SMILES string of the molecule is C=C(N(CCCCN(CCCN(CCCCOC)C(=O)C(F)(F)F)C(=O)C(F)(F)F)CCCN(CCCCOC)C(=O)C(F)(F)F)C(F)(F)F. The summed E-state index contributed by atoms with van der Waals surface area (Å²) in [6.07, 6.45) is -21.5. The van der Waals surface area contributed by atoms with Crippen molar-refractivity contribution >= 4 is 17.7 Å². The van der Waals surface area contributed by atoms with Crippen LogP contribution in [0.25, 0.3) is 0 Å². The Morgan fingerprint density at radius 2 is 0.660 bits per heavy atom. The molecule has 0 saturated heterocycles. The van der Waals surface area contributed by atoms with E-state index in [1.807, 2.05) is 0 Å². The maximum Gasteiger partial charge on any atom is 0.471 e. The van der Waals surface area contributed by atoms with E-state index in [1.54, 1.807) is 0 Å². The Morgan fingerprint density at radius 3 is 0.920 bits per heavy atom. The van der Waals surface area contributed by atoms with Crippen molar-refractivity contribution in [1.82, 2.24) is 19.6 Å². The largest absolute Gasteiger partial charge is 0.471 e. The first-order valence-corrected chi connectivity index (χ1v) is 15.6. The average Bonchev–Trinajstić information content (AvgIpc) is 3.00. The molecule has 0 aromatic heterocycles. The highest BCUT2D eigenvalue weighted by Crippen LogP contribution is 2.28. The predicted octanol–water partition coefficient (Wildman–Crippen LogP) is 5.95. The molecule has 0 aliphatic rings. The highest BCUT2D eigenvalue weighted by atomic mass is 19.4. The minimum absolute atomic E-state index is 0.0889. The lowest BCUT2D eigenvalue weighted by Crippen LogP contribution is -2.45. The summed E-state index contributed by atoms with van der Waals surface area (Å²) in [6, 6.07) is 0. The van der Waals surface area contributed by atoms with Gasteiger partial charge in [0.05, 0.1) is 0 Å². The van der Waals surface area contributed by atoms with Gasteiger partial charge in [-0.3, -0.25) is 14.4 Å². The molecule has 0 rings (SSSR count). The highest BCUT2D eigenvalue weighted by molar-refractivity contribution is 5.82. The third-order valence-corrected chi connectivity index (χ3v) is 7.17. The molecule has 0 fully saturated rings. The van der Waals surface area contributed by atoms with Crippen LogP contribution in [-0.4, -0.2) is 142 Å². The lowest BCUT2D eigenvalue weighted by molar-refractivity contribution is -0.187. The molecule has 0 aliphatic heterocycles. The highest BCUT2D eigenvalue weighted by Gasteiger charge is 2.44. The van der Waals surface area contributed by atoms with Crippen molar-refractivity contribution in [3.05, 3.63) is 12.3 Å². The molecule has 0 heterocycles. The molecule has 0 N–H and O–H groups in total. The number of hydrogen-bond acceptors (Lipinski definition) is 6. The van der Waals surface area contributed by atoms with Crippen LogP contribution in [0.4, 0.5) is 52.7 Å². The van der Waals surface area contributed by atoms with Crippen LogP contribution in [-0.2, 0) is 23.9 Å². The second-order valence-corrected chi connectivity index (χ2v) is 11.1. The average molecular weight is 757 g/mol. The van der Waals surface area contributed by atoms with Gasteiger partial charge in [-0.2, -0.15) is 52.7 Å². The van der Waals surface area contributed by atoms with Crippen molar-refractivity contribution in [3.63, 3.8) is 0 Å². The maximum atomic E-state index is 13.5. The minimum Gasteiger partial charge on any atom is -0.385 e. The molecule has 0 radical (unpaired) electrons. The van der Waals surface area contributed by atoms with Crippen molar-refractivity contribution in [1.29, 1.82) is 0 Å². The molecule has 9 nitrogen and oxygen atoms in total. The molecule has 0 aliphatic carbocycles. The van der Waals surface area contributed by atoms with Crippen LogP contribution in [0.2, 0.25) is 0 Å². The summed E-state index contributed by atoms with van der Waals surface area (Å²) < 4.78 is 168. The molecular formula is C29H44F12N4O5. The lowest BCUT2D eigenvalue weighted by Gasteiger charge is -2.30. The molecule has 3 amide bonds. The number of carbonyl (C=O) groups is 3. The van der Waals surface area contributed by atoms with E-state index in [1.165, 1.54) is 14.2 Å². The Hall–Kier alpha value is -2.97. The summed E-state index contributed by atoms with van der Waals surface area (Å²) in [6.45, 7) is -1.03. The zero-order valence-electron chi connectivity index (χ0n) is 27.8. The Morgan fingerprint density at radius 1 is 0.420 bits per heavy atom. The third-order valence-electron chi connectivity index (χ3n) is 7.17. The van der Waals surface area contributed by atoms with Crippen LogP contribution < -0.4 is 0 Å². The van der Waals surface area contributed by atoms with Crippen LogP contribution in [0.3, 0.4) is 0 Å². The standard InChI is InChI=1S/C29H44F12N4O5/c1-22(26(30,31)32)42(16-10-17-44(14-6-8-20-49-2)24(47)28(36,37)38)12-4-5-13-43(23(46)27(33,34)35)18-11-19-45(15-7-9-21-50-3)25(48)29(39,40)41/h1,4-21H2,2-3H3. The number of methoxy groups -OCH3 is 2. The molecule has 21 heteroatoms. The van der Waals surface area contributed by atoms with Gasteiger partial charge in [-0.15, -0.1) is 0 Å². The zero-order valence-corrected chi connectivity index (χ0v) is 27.8. The van der Waals surface area contributed by atoms with Crippen LogP contribution >= 0.6 is 0 Å². The molecule has 50 heavy (non-hydrogen) atoms. The van der Waals surface area contributed by atoms with Crippen LogP contribution in [0.1, 0.15) is 51.4 Å². The van der Waals surface area contributed by atoms with E-state index in [-0.39, 0.29) is 69.7 Å². The number of allylic oxidation sites excluding steroid dienone is 1. The van der Waals surface area contributed by atoms with E-state index in [9.17, 15) is 67.1 Å². The molecule has 0 bridgehead atoms. The third kappa shape index (κ3) is 18.9. The first-order chi connectivity index (χ1) is 23.0. The van der Waals surface area contributed by atoms with Crippen molar-refractivity contribution in [3.8, 4) is 0 Å². The molecule has 0 spiro atoms. The number of rotatable bonds is 24. The number of hydrogen-bond donors (Lipinski definition) is 0. The van der Waals surface area contributed by atoms with Gasteiger partial charge in [-0.25, -0.2) is 0 Å². The quantitative estimate of drug-likeness (QED) is 0.0896. The van der Waals surface area contributed by atoms with Gasteiger partial charge in [-0.1, -0.05) is 6.58 Å². The van der Waals surface area contributed by atoms with E-state index in [4.69, 9.17) is 9.47 Å². The molecular weight excluding hydrogens is 712 g/mol. The maximum absolute atomic E-state index is 13.5. The molecule has 0 aromatic carbocycles. The summed E-state index contributed by atoms with van der Waals surface area (Å²) >= 11 is 0. The van der Waals surface area contributed by atoms with Crippen molar-refractivity contribution in [2.24, 2.45) is 0 Å². The summed E-state index contributed by atoms with van der Waals surface area (Å²) in [4.78, 5) is 37.4. The van der Waals surface area contributed by atoms with Gasteiger partial charge in [0, 0.05) is 79.8 Å². The van der Waals surface area contributed by atoms with Crippen LogP contribution in [0.15, 0.2) is 12.3 Å². The Bertz CT molecular complexity index is 956. The van der Waals surface area contributed by atoms with Gasteiger partial charge < -0.3 is 29.1 Å². The molecule has 0 saturated carbocycles. The Labute approximate surface area is 282 Å². The van der Waals surface area contributed by atoms with Crippen molar-refractivity contribution in [2.45, 2.75) is 76.1 Å². The van der Waals surface area contributed by atoms with Gasteiger partial charge in [0.25, 0.3) is 0 Å². The topological polar surface area (TPSA) is 82.6 Å². The van der Waals surface area contributed by atoms with E-state index in [0.29, 0.717) is 21.1 Å². The zero-order chi connectivity index (χ0) is 38.8. The van der Waals surface area contributed by atoms with E-state index in [0.717, 1.165) is 0 Å². The Kier molecular flexibility index (Phi) is 20.8. The smallest absolute Gasteiger partial charge is 0.385 e. The lowest BCUT2D eigenvalue weighted by atomic mass is 10.2. The number of alkyl halides is 12. The normalized spacial score (nSPS) is 12.5. The van der Waals surface area contributed by atoms with E-state index >= 15 is 0 Å². The molecule has 0 atom stereocenters. The number of nitrogens with zero attached hydrogens (tertiary/aromatic N) is 4. The first-order valence-electron chi connectivity index (χ1n) is 15.6. The number of amides is 3. The van der Waals surface area contributed by atoms with E-state index in [2.05, 4.69) is 6.58 Å². The van der Waals surface area contributed by atoms with Gasteiger partial charge in [0.2, 0.25) is 0 Å². The van der Waals surface area contributed by atoms with Gasteiger partial charge in [-0.05, 0) is 51.4 Å². The number of carbonyl (C=O) groups excluding carboxylic acids is 3. The van der Waals surface area contributed by atoms with Gasteiger partial charge >= 0.3 is 42.4 Å². The monoisotopic (exact) mass is 756 g/mol. The van der Waals surface area contributed by atoms with Crippen LogP contribution in [0, 0.1) is 0 Å². The number of ether oxygens (including phenoxy) is 2. The summed E-state index contributed by atoms with van der Waals surface area (Å²) in [5, 5.41) is 0. The predicted molar refractivity (Wildman–Crippen MR) is 155 cm³/mol. The van der Waals surface area contributed by atoms with Crippen LogP contribution in [0.5, 0.6) is 0 Å². The fourth-order valence-corrected chi connectivity index (χ4v) is 4.65. The minimum atomic E-state index is -5.39.